The fraction of sp³-hybridized carbons (Fsp3) is 0.300. The van der Waals surface area contributed by atoms with Gasteiger partial charge in [-0.25, -0.2) is 0 Å². The second-order valence-electron chi connectivity index (χ2n) is 5.85. The molecule has 2 aromatic rings. The Labute approximate surface area is 126 Å². The van der Waals surface area contributed by atoms with Crippen LogP contribution in [0.3, 0.4) is 0 Å². The highest BCUT2D eigenvalue weighted by Gasteiger charge is 2.35. The summed E-state index contributed by atoms with van der Waals surface area (Å²) in [6.07, 6.45) is 1.89. The number of rotatable bonds is 3. The topological polar surface area (TPSA) is 20.2 Å². The summed E-state index contributed by atoms with van der Waals surface area (Å²) in [6, 6.07) is 18.3. The van der Waals surface area contributed by atoms with Crippen LogP contribution in [0.15, 0.2) is 54.6 Å². The van der Waals surface area contributed by atoms with E-state index in [1.165, 1.54) is 5.56 Å². The van der Waals surface area contributed by atoms with E-state index in [9.17, 15) is 5.11 Å². The van der Waals surface area contributed by atoms with Crippen LogP contribution in [-0.4, -0.2) is 11.2 Å². The Morgan fingerprint density at radius 2 is 1.67 bits per heavy atom. The average molecular weight is 276 g/mol. The molecule has 0 aromatic heterocycles. The highest BCUT2D eigenvalue weighted by Crippen LogP contribution is 2.38. The van der Waals surface area contributed by atoms with Crippen LogP contribution in [0.1, 0.15) is 35.4 Å². The van der Waals surface area contributed by atoms with E-state index in [2.05, 4.69) is 43.0 Å². The molecule has 0 radical (unpaired) electrons. The van der Waals surface area contributed by atoms with E-state index in [-0.39, 0.29) is 12.0 Å². The van der Waals surface area contributed by atoms with E-state index in [0.29, 0.717) is 5.92 Å². The summed E-state index contributed by atoms with van der Waals surface area (Å²) in [5, 5.41) is 10.5. The van der Waals surface area contributed by atoms with Crippen molar-refractivity contribution in [1.82, 2.24) is 0 Å². The lowest BCUT2D eigenvalue weighted by Gasteiger charge is -2.18. The maximum absolute atomic E-state index is 10.5. The van der Waals surface area contributed by atoms with E-state index < -0.39 is 0 Å². The smallest absolute Gasteiger partial charge is 0.0746 e. The molecule has 1 aliphatic rings. The zero-order valence-corrected chi connectivity index (χ0v) is 12.3. The summed E-state index contributed by atoms with van der Waals surface area (Å²) in [6.45, 7) is 2.08. The Morgan fingerprint density at radius 1 is 1.00 bits per heavy atom. The SMILES string of the molecule is Cc1ccc(C(C#Cc2ccccc2)[C@H](O)C2CC2)cc1. The van der Waals surface area contributed by atoms with Crippen molar-refractivity contribution in [2.45, 2.75) is 31.8 Å². The summed E-state index contributed by atoms with van der Waals surface area (Å²) < 4.78 is 0. The first-order valence-corrected chi connectivity index (χ1v) is 7.55. The molecule has 0 amide bonds. The number of aliphatic hydroxyl groups is 1. The third-order valence-electron chi connectivity index (χ3n) is 4.03. The van der Waals surface area contributed by atoms with Gasteiger partial charge in [-0.3, -0.25) is 0 Å². The molecule has 1 fully saturated rings. The van der Waals surface area contributed by atoms with Gasteiger partial charge in [0.1, 0.15) is 0 Å². The molecular formula is C20H20O. The summed E-state index contributed by atoms with van der Waals surface area (Å²) >= 11 is 0. The van der Waals surface area contributed by atoms with Crippen molar-refractivity contribution in [2.75, 3.05) is 0 Å². The van der Waals surface area contributed by atoms with Crippen LogP contribution in [0.2, 0.25) is 0 Å². The van der Waals surface area contributed by atoms with Gasteiger partial charge in [0.15, 0.2) is 0 Å². The number of hydrogen-bond acceptors (Lipinski definition) is 1. The Kier molecular flexibility index (Phi) is 4.08. The van der Waals surface area contributed by atoms with Crippen LogP contribution < -0.4 is 0 Å². The van der Waals surface area contributed by atoms with Crippen molar-refractivity contribution in [3.05, 3.63) is 71.3 Å². The van der Waals surface area contributed by atoms with Crippen LogP contribution in [0.4, 0.5) is 0 Å². The molecule has 0 bridgehead atoms. The highest BCUT2D eigenvalue weighted by atomic mass is 16.3. The lowest BCUT2D eigenvalue weighted by atomic mass is 9.90. The number of benzene rings is 2. The summed E-state index contributed by atoms with van der Waals surface area (Å²) in [4.78, 5) is 0. The van der Waals surface area contributed by atoms with Crippen molar-refractivity contribution in [3.8, 4) is 11.8 Å². The minimum atomic E-state index is -0.357. The average Bonchev–Trinajstić information content (AvgIpc) is 3.35. The molecule has 0 heterocycles. The maximum Gasteiger partial charge on any atom is 0.0746 e. The van der Waals surface area contributed by atoms with E-state index in [0.717, 1.165) is 24.0 Å². The highest BCUT2D eigenvalue weighted by molar-refractivity contribution is 5.39. The first-order chi connectivity index (χ1) is 10.2. The Hall–Kier alpha value is -2.04. The van der Waals surface area contributed by atoms with Crippen LogP contribution in [0.25, 0.3) is 0 Å². The van der Waals surface area contributed by atoms with Crippen molar-refractivity contribution in [1.29, 1.82) is 0 Å². The molecule has 1 aliphatic carbocycles. The number of hydrogen-bond donors (Lipinski definition) is 1. The summed E-state index contributed by atoms with van der Waals surface area (Å²) in [7, 11) is 0. The Bertz CT molecular complexity index is 642. The second kappa shape index (κ2) is 6.16. The van der Waals surface area contributed by atoms with E-state index in [1.54, 1.807) is 0 Å². The molecule has 1 N–H and O–H groups in total. The molecule has 0 spiro atoms. The molecule has 1 unspecified atom stereocenters. The predicted molar refractivity (Wildman–Crippen MR) is 86.0 cm³/mol. The second-order valence-corrected chi connectivity index (χ2v) is 5.85. The number of aryl methyl sites for hydroxylation is 1. The molecule has 1 saturated carbocycles. The van der Waals surface area contributed by atoms with Gasteiger partial charge < -0.3 is 5.11 Å². The van der Waals surface area contributed by atoms with E-state index in [1.807, 2.05) is 30.3 Å². The molecule has 3 rings (SSSR count). The van der Waals surface area contributed by atoms with Crippen LogP contribution in [0.5, 0.6) is 0 Å². The molecule has 2 atom stereocenters. The zero-order valence-electron chi connectivity index (χ0n) is 12.3. The molecule has 2 aromatic carbocycles. The zero-order chi connectivity index (χ0) is 14.7. The maximum atomic E-state index is 10.5. The third-order valence-corrected chi connectivity index (χ3v) is 4.03. The lowest BCUT2D eigenvalue weighted by molar-refractivity contribution is 0.139. The molecule has 21 heavy (non-hydrogen) atoms. The van der Waals surface area contributed by atoms with Gasteiger partial charge in [0.05, 0.1) is 12.0 Å². The Morgan fingerprint density at radius 3 is 2.29 bits per heavy atom. The molecule has 1 heteroatoms. The van der Waals surface area contributed by atoms with Crippen LogP contribution in [-0.2, 0) is 0 Å². The fourth-order valence-electron chi connectivity index (χ4n) is 2.53. The summed E-state index contributed by atoms with van der Waals surface area (Å²) in [5.41, 5.74) is 3.34. The third kappa shape index (κ3) is 3.54. The molecule has 106 valence electrons. The molecular weight excluding hydrogens is 256 g/mol. The first-order valence-electron chi connectivity index (χ1n) is 7.55. The van der Waals surface area contributed by atoms with Gasteiger partial charge in [-0.2, -0.15) is 0 Å². The predicted octanol–water partition coefficient (Wildman–Crippen LogP) is 3.90. The normalized spacial score (nSPS) is 16.7. The Balaban J connectivity index is 1.89. The minimum absolute atomic E-state index is 0.0988. The monoisotopic (exact) mass is 276 g/mol. The quantitative estimate of drug-likeness (QED) is 0.843. The van der Waals surface area contributed by atoms with Gasteiger partial charge in [-0.05, 0) is 43.4 Å². The largest absolute Gasteiger partial charge is 0.391 e. The van der Waals surface area contributed by atoms with Crippen molar-refractivity contribution in [2.24, 2.45) is 5.92 Å². The van der Waals surface area contributed by atoms with Crippen molar-refractivity contribution >= 4 is 0 Å². The number of aliphatic hydroxyl groups excluding tert-OH is 1. The van der Waals surface area contributed by atoms with Gasteiger partial charge in [0.25, 0.3) is 0 Å². The van der Waals surface area contributed by atoms with Gasteiger partial charge in [0.2, 0.25) is 0 Å². The van der Waals surface area contributed by atoms with E-state index in [4.69, 9.17) is 0 Å². The fourth-order valence-corrected chi connectivity index (χ4v) is 2.53. The van der Waals surface area contributed by atoms with Crippen molar-refractivity contribution < 1.29 is 5.11 Å². The molecule has 0 saturated heterocycles. The molecule has 1 nitrogen and oxygen atoms in total. The molecule has 0 aliphatic heterocycles. The van der Waals surface area contributed by atoms with Crippen molar-refractivity contribution in [3.63, 3.8) is 0 Å². The van der Waals surface area contributed by atoms with Crippen LogP contribution >= 0.6 is 0 Å². The first kappa shape index (κ1) is 13.9. The van der Waals surface area contributed by atoms with Crippen LogP contribution in [0, 0.1) is 24.7 Å². The van der Waals surface area contributed by atoms with Gasteiger partial charge in [0, 0.05) is 5.56 Å². The standard InChI is InChI=1S/C20H20O/c1-15-7-10-17(11-8-15)19(20(21)18-12-13-18)14-9-16-5-3-2-4-6-16/h2-8,10-11,18-21H,12-13H2,1H3/t19?,20-/m1/s1. The van der Waals surface area contributed by atoms with E-state index >= 15 is 0 Å². The lowest BCUT2D eigenvalue weighted by Crippen LogP contribution is -2.19. The van der Waals surface area contributed by atoms with Gasteiger partial charge in [-0.15, -0.1) is 0 Å². The summed E-state index contributed by atoms with van der Waals surface area (Å²) in [5.74, 6) is 6.82. The van der Waals surface area contributed by atoms with Gasteiger partial charge in [-0.1, -0.05) is 59.9 Å². The van der Waals surface area contributed by atoms with Gasteiger partial charge >= 0.3 is 0 Å². The minimum Gasteiger partial charge on any atom is -0.391 e.